The lowest BCUT2D eigenvalue weighted by atomic mass is 10.0. The number of hydrogen-bond acceptors (Lipinski definition) is 4. The second-order valence-electron chi connectivity index (χ2n) is 5.00. The lowest BCUT2D eigenvalue weighted by Gasteiger charge is -2.18. The molecule has 5 nitrogen and oxygen atoms in total. The second kappa shape index (κ2) is 5.51. The molecule has 2 N–H and O–H groups in total. The number of rotatable bonds is 2. The van der Waals surface area contributed by atoms with Gasteiger partial charge in [-0.2, -0.15) is 4.31 Å². The van der Waals surface area contributed by atoms with Crippen molar-refractivity contribution in [2.45, 2.75) is 6.92 Å². The molecule has 1 saturated heterocycles. The van der Waals surface area contributed by atoms with Gasteiger partial charge < -0.3 is 9.66 Å². The maximum Gasteiger partial charge on any atom is 0.287 e. The molecule has 0 aliphatic carbocycles. The topological polar surface area (TPSA) is 75.6 Å². The molecule has 0 bridgehead atoms. The van der Waals surface area contributed by atoms with Crippen LogP contribution in [0.1, 0.15) is 5.56 Å². The Hall–Kier alpha value is -2.25. The zero-order valence-electron chi connectivity index (χ0n) is 11.7. The van der Waals surface area contributed by atoms with E-state index in [4.69, 9.17) is 0 Å². The number of benzene rings is 2. The van der Waals surface area contributed by atoms with Crippen molar-refractivity contribution in [3.8, 4) is 16.9 Å². The second-order valence-corrected chi connectivity index (χ2v) is 6.15. The van der Waals surface area contributed by atoms with Crippen molar-refractivity contribution in [3.63, 3.8) is 0 Å². The number of nitrogens with zero attached hydrogens (tertiary/aromatic N) is 1. The highest BCUT2D eigenvalue weighted by atomic mass is 32.2. The fraction of sp³-hybridized carbons (Fsp3) is 0.133. The van der Waals surface area contributed by atoms with Gasteiger partial charge in [0.15, 0.2) is 29.6 Å². The van der Waals surface area contributed by atoms with Crippen LogP contribution < -0.4 is 9.03 Å². The van der Waals surface area contributed by atoms with Crippen molar-refractivity contribution in [2.75, 3.05) is 10.8 Å². The normalized spacial score (nSPS) is 17.7. The zero-order valence-corrected chi connectivity index (χ0v) is 12.5. The number of nitrogens with one attached hydrogen (secondary N) is 1. The van der Waals surface area contributed by atoms with E-state index in [1.165, 1.54) is 12.1 Å². The molecule has 7 heteroatoms. The molecule has 0 spiro atoms. The van der Waals surface area contributed by atoms with Gasteiger partial charge in [-0.3, -0.25) is 4.79 Å². The maximum absolute atomic E-state index is 14.4. The first-order valence-electron chi connectivity index (χ1n) is 6.54. The molecule has 114 valence electrons. The highest BCUT2D eigenvalue weighted by molar-refractivity contribution is 7.92. The van der Waals surface area contributed by atoms with Gasteiger partial charge in [0, 0.05) is 0 Å². The van der Waals surface area contributed by atoms with Gasteiger partial charge in [0.25, 0.3) is 5.91 Å². The molecule has 0 saturated carbocycles. The van der Waals surface area contributed by atoms with Gasteiger partial charge in [0.2, 0.25) is 0 Å². The third kappa shape index (κ3) is 2.60. The third-order valence-electron chi connectivity index (χ3n) is 3.37. The summed E-state index contributed by atoms with van der Waals surface area (Å²) >= 11 is -1.88. The van der Waals surface area contributed by atoms with E-state index in [9.17, 15) is 18.8 Å². The Morgan fingerprint density at radius 2 is 1.95 bits per heavy atom. The van der Waals surface area contributed by atoms with Gasteiger partial charge in [-0.05, 0) is 30.2 Å². The monoisotopic (exact) mass is 320 g/mol. The standard InChI is InChI=1S/C15H13FN2O3S/c1-9-2-4-10(5-3-9)11-6-12(16)15(13(19)7-11)18-8-14(20)17-22(18)21/h2-7,19H,8H2,1H3,(H,17,20). The summed E-state index contributed by atoms with van der Waals surface area (Å²) in [6.07, 6.45) is 0. The van der Waals surface area contributed by atoms with E-state index < -0.39 is 23.3 Å². The molecule has 2 aromatic carbocycles. The lowest BCUT2D eigenvalue weighted by molar-refractivity contribution is -0.117. The van der Waals surface area contributed by atoms with Crippen molar-refractivity contribution in [1.29, 1.82) is 0 Å². The summed E-state index contributed by atoms with van der Waals surface area (Å²) < 4.78 is 29.2. The Labute approximate surface area is 129 Å². The lowest BCUT2D eigenvalue weighted by Crippen LogP contribution is -2.30. The molecule has 1 aliphatic rings. The van der Waals surface area contributed by atoms with E-state index in [2.05, 4.69) is 4.72 Å². The summed E-state index contributed by atoms with van der Waals surface area (Å²) in [5, 5.41) is 10.1. The largest absolute Gasteiger partial charge is 0.568 e. The van der Waals surface area contributed by atoms with Gasteiger partial charge in [-0.15, -0.1) is 4.72 Å². The number of phenolic OH excluding ortho intramolecular Hbond substituents is 1. The van der Waals surface area contributed by atoms with E-state index in [1.807, 2.05) is 31.2 Å². The molecule has 1 heterocycles. The smallest absolute Gasteiger partial charge is 0.287 e. The van der Waals surface area contributed by atoms with Crippen molar-refractivity contribution in [1.82, 2.24) is 4.72 Å². The summed E-state index contributed by atoms with van der Waals surface area (Å²) in [6.45, 7) is 1.68. The molecule has 0 aromatic heterocycles. The number of hydrogen-bond donors (Lipinski definition) is 2. The average Bonchev–Trinajstić information content (AvgIpc) is 2.77. The Bertz CT molecular complexity index is 713. The van der Waals surface area contributed by atoms with Crippen LogP contribution in [-0.2, 0) is 16.3 Å². The molecule has 1 fully saturated rings. The molecule has 22 heavy (non-hydrogen) atoms. The molecule has 1 amide bonds. The summed E-state index contributed by atoms with van der Waals surface area (Å²) in [6, 6.07) is 10.1. The number of carbonyl (C=O) groups excluding carboxylic acids is 1. The Kier molecular flexibility index (Phi) is 3.67. The van der Waals surface area contributed by atoms with Crippen LogP contribution >= 0.6 is 0 Å². The summed E-state index contributed by atoms with van der Waals surface area (Å²) in [7, 11) is 0. The number of aryl methyl sites for hydroxylation is 1. The van der Waals surface area contributed by atoms with Crippen LogP contribution in [0, 0.1) is 12.7 Å². The number of aromatic hydroxyl groups is 1. The van der Waals surface area contributed by atoms with Gasteiger partial charge >= 0.3 is 0 Å². The highest BCUT2D eigenvalue weighted by Gasteiger charge is 2.37. The first kappa shape index (κ1) is 14.7. The average molecular weight is 320 g/mol. The summed E-state index contributed by atoms with van der Waals surface area (Å²) in [5.74, 6) is -1.58. The van der Waals surface area contributed by atoms with E-state index in [-0.39, 0.29) is 18.0 Å². The van der Waals surface area contributed by atoms with E-state index in [0.29, 0.717) is 5.56 Å². The predicted octanol–water partition coefficient (Wildman–Crippen LogP) is 2.02. The summed E-state index contributed by atoms with van der Waals surface area (Å²) in [5.41, 5.74) is 2.08. The quantitative estimate of drug-likeness (QED) is 0.830. The number of carbonyl (C=O) groups is 1. The predicted molar refractivity (Wildman–Crippen MR) is 81.9 cm³/mol. The van der Waals surface area contributed by atoms with Gasteiger partial charge in [0.05, 0.1) is 0 Å². The molecule has 1 unspecified atom stereocenters. The van der Waals surface area contributed by atoms with Crippen LogP contribution in [0.15, 0.2) is 36.4 Å². The van der Waals surface area contributed by atoms with E-state index in [0.717, 1.165) is 15.4 Å². The molecule has 1 atom stereocenters. The minimum Gasteiger partial charge on any atom is -0.568 e. The van der Waals surface area contributed by atoms with Crippen LogP contribution in [-0.4, -0.2) is 22.1 Å². The first-order chi connectivity index (χ1) is 10.5. The van der Waals surface area contributed by atoms with Gasteiger partial charge in [-0.25, -0.2) is 4.39 Å². The van der Waals surface area contributed by atoms with Crippen LogP contribution in [0.5, 0.6) is 5.75 Å². The zero-order chi connectivity index (χ0) is 15.9. The fourth-order valence-electron chi connectivity index (χ4n) is 2.28. The highest BCUT2D eigenvalue weighted by Crippen LogP contribution is 2.37. The van der Waals surface area contributed by atoms with E-state index in [1.54, 1.807) is 0 Å². The maximum atomic E-state index is 14.4. The fourth-order valence-corrected chi connectivity index (χ4v) is 3.23. The third-order valence-corrected chi connectivity index (χ3v) is 4.48. The minimum absolute atomic E-state index is 0.243. The SMILES string of the molecule is Cc1ccc(-c2cc(O)c(N3CC(=O)N[S+]3[O-])c(F)c2)cc1. The minimum atomic E-state index is -1.88. The van der Waals surface area contributed by atoms with Crippen molar-refractivity contribution in [3.05, 3.63) is 47.8 Å². The summed E-state index contributed by atoms with van der Waals surface area (Å²) in [4.78, 5) is 11.2. The Morgan fingerprint density at radius 3 is 2.50 bits per heavy atom. The number of halogens is 1. The van der Waals surface area contributed by atoms with Gasteiger partial charge in [-0.1, -0.05) is 29.8 Å². The van der Waals surface area contributed by atoms with Crippen LogP contribution in [0.3, 0.4) is 0 Å². The first-order valence-corrected chi connectivity index (χ1v) is 7.65. The van der Waals surface area contributed by atoms with Crippen LogP contribution in [0.2, 0.25) is 0 Å². The van der Waals surface area contributed by atoms with Gasteiger partial charge in [0.1, 0.15) is 5.75 Å². The molecule has 0 radical (unpaired) electrons. The molecule has 1 aliphatic heterocycles. The van der Waals surface area contributed by atoms with Crippen molar-refractivity contribution >= 4 is 23.1 Å². The van der Waals surface area contributed by atoms with Crippen LogP contribution in [0.25, 0.3) is 11.1 Å². The Balaban J connectivity index is 2.01. The molecular weight excluding hydrogens is 307 g/mol. The molecule has 3 rings (SSSR count). The number of phenols is 1. The molecular formula is C15H13FN2O3S. The van der Waals surface area contributed by atoms with E-state index >= 15 is 0 Å². The molecule has 2 aromatic rings. The van der Waals surface area contributed by atoms with Crippen LogP contribution in [0.4, 0.5) is 10.1 Å². The van der Waals surface area contributed by atoms with Crippen molar-refractivity contribution < 1.29 is 18.8 Å². The Morgan fingerprint density at radius 1 is 1.27 bits per heavy atom. The van der Waals surface area contributed by atoms with Crippen molar-refractivity contribution in [2.24, 2.45) is 0 Å². The number of anilines is 1. The number of amides is 1.